The average molecular weight is 248 g/mol. The van der Waals surface area contributed by atoms with Crippen molar-refractivity contribution >= 4 is 39.2 Å². The minimum atomic E-state index is -2.42. The molecule has 0 aliphatic heterocycles. The van der Waals surface area contributed by atoms with Crippen LogP contribution in [0.3, 0.4) is 0 Å². The van der Waals surface area contributed by atoms with Gasteiger partial charge < -0.3 is 4.74 Å². The molecule has 0 aromatic rings. The van der Waals surface area contributed by atoms with E-state index in [1.165, 1.54) is 0 Å². The second kappa shape index (κ2) is 6.14. The first-order valence-corrected chi connectivity index (χ1v) is 9.02. The van der Waals surface area contributed by atoms with Gasteiger partial charge in [-0.2, -0.15) is 0 Å². The summed E-state index contributed by atoms with van der Waals surface area (Å²) >= 11 is 17.0. The Morgan fingerprint density at radius 1 is 1.42 bits per heavy atom. The molecule has 0 heterocycles. The Morgan fingerprint density at radius 2 is 2.00 bits per heavy atom. The second-order valence-electron chi connectivity index (χ2n) is 2.47. The lowest BCUT2D eigenvalue weighted by Gasteiger charge is -2.08. The zero-order chi connectivity index (χ0) is 9.61. The van der Waals surface area contributed by atoms with Crippen LogP contribution in [-0.2, 0) is 4.74 Å². The Kier molecular flexibility index (Phi) is 6.46. The van der Waals surface area contributed by atoms with Crippen LogP contribution in [0.25, 0.3) is 0 Å². The van der Waals surface area contributed by atoms with E-state index in [9.17, 15) is 0 Å². The monoisotopic (exact) mass is 246 g/mol. The van der Waals surface area contributed by atoms with Crippen molar-refractivity contribution in [2.75, 3.05) is 6.61 Å². The molecule has 12 heavy (non-hydrogen) atoms. The fourth-order valence-electron chi connectivity index (χ4n) is 0.589. The Bertz CT molecular complexity index is 153. The SMILES string of the molecule is CC=C(C)OCCC[Si](Cl)(Cl)Cl. The molecule has 0 radical (unpaired) electrons. The molecule has 0 aromatic carbocycles. The van der Waals surface area contributed by atoms with Crippen molar-refractivity contribution in [3.63, 3.8) is 0 Å². The van der Waals surface area contributed by atoms with Crippen LogP contribution in [0.2, 0.25) is 6.04 Å². The fraction of sp³-hybridized carbons (Fsp3) is 0.714. The summed E-state index contributed by atoms with van der Waals surface area (Å²) in [5.74, 6) is 0.918. The molecule has 0 aromatic heterocycles. The summed E-state index contributed by atoms with van der Waals surface area (Å²) in [5, 5.41) is 0. The molecule has 1 nitrogen and oxygen atoms in total. The first-order valence-electron chi connectivity index (χ1n) is 3.78. The molecule has 0 aliphatic rings. The highest BCUT2D eigenvalue weighted by molar-refractivity contribution is 7.64. The van der Waals surface area contributed by atoms with Crippen molar-refractivity contribution in [3.8, 4) is 0 Å². The molecule has 72 valence electrons. The van der Waals surface area contributed by atoms with Gasteiger partial charge in [-0.3, -0.25) is 0 Å². The number of allylic oxidation sites excluding steroid dienone is 2. The van der Waals surface area contributed by atoms with Gasteiger partial charge in [-0.25, -0.2) is 0 Å². The fourth-order valence-corrected chi connectivity index (χ4v) is 2.34. The van der Waals surface area contributed by atoms with E-state index >= 15 is 0 Å². The summed E-state index contributed by atoms with van der Waals surface area (Å²) in [5.41, 5.74) is 0. The van der Waals surface area contributed by atoms with Gasteiger partial charge in [0.2, 0.25) is 0 Å². The first-order chi connectivity index (χ1) is 5.45. The maximum Gasteiger partial charge on any atom is 0.341 e. The third kappa shape index (κ3) is 8.72. The molecular weight excluding hydrogens is 235 g/mol. The molecule has 0 fully saturated rings. The van der Waals surface area contributed by atoms with E-state index in [-0.39, 0.29) is 0 Å². The zero-order valence-electron chi connectivity index (χ0n) is 7.24. The Labute approximate surface area is 88.8 Å². The van der Waals surface area contributed by atoms with Gasteiger partial charge in [-0.1, -0.05) is 6.08 Å². The quantitative estimate of drug-likeness (QED) is 0.309. The van der Waals surface area contributed by atoms with Crippen molar-refractivity contribution in [2.24, 2.45) is 0 Å². The summed E-state index contributed by atoms with van der Waals surface area (Å²) in [6.45, 7) is 4.48. The molecule has 0 saturated carbocycles. The van der Waals surface area contributed by atoms with Gasteiger partial charge in [0, 0.05) is 0 Å². The number of rotatable bonds is 5. The Morgan fingerprint density at radius 3 is 2.42 bits per heavy atom. The predicted octanol–water partition coefficient (Wildman–Crippen LogP) is 3.97. The van der Waals surface area contributed by atoms with Gasteiger partial charge in [0.1, 0.15) is 0 Å². The maximum absolute atomic E-state index is 5.68. The number of halogens is 3. The maximum atomic E-state index is 5.68. The highest BCUT2D eigenvalue weighted by atomic mass is 35.8. The molecule has 0 spiro atoms. The van der Waals surface area contributed by atoms with Crippen LogP contribution in [0.1, 0.15) is 20.3 Å². The van der Waals surface area contributed by atoms with Crippen LogP contribution in [0.4, 0.5) is 0 Å². The van der Waals surface area contributed by atoms with Crippen LogP contribution < -0.4 is 0 Å². The van der Waals surface area contributed by atoms with E-state index in [1.807, 2.05) is 19.9 Å². The lowest BCUT2D eigenvalue weighted by molar-refractivity contribution is 0.214. The molecule has 0 bridgehead atoms. The highest BCUT2D eigenvalue weighted by Gasteiger charge is 2.23. The topological polar surface area (TPSA) is 9.23 Å². The third-order valence-corrected chi connectivity index (χ3v) is 3.96. The van der Waals surface area contributed by atoms with Gasteiger partial charge in [-0.15, -0.1) is 33.2 Å². The summed E-state index contributed by atoms with van der Waals surface area (Å²) < 4.78 is 5.29. The second-order valence-corrected chi connectivity index (χ2v) is 11.7. The first kappa shape index (κ1) is 12.6. The minimum absolute atomic E-state index is 0.636. The van der Waals surface area contributed by atoms with Crippen molar-refractivity contribution in [3.05, 3.63) is 11.8 Å². The molecule has 0 saturated heterocycles. The molecule has 0 amide bonds. The summed E-state index contributed by atoms with van der Waals surface area (Å²) in [6, 6.07) is -1.76. The number of hydrogen-bond acceptors (Lipinski definition) is 1. The molecule has 0 N–H and O–H groups in total. The lowest BCUT2D eigenvalue weighted by Crippen LogP contribution is -2.09. The predicted molar refractivity (Wildman–Crippen MR) is 58.1 cm³/mol. The molecule has 0 unspecified atom stereocenters. The minimum Gasteiger partial charge on any atom is -0.499 e. The normalized spacial score (nSPS) is 13.2. The van der Waals surface area contributed by atoms with E-state index in [2.05, 4.69) is 0 Å². The molecule has 0 atom stereocenters. The molecule has 5 heteroatoms. The molecular formula is C7H13Cl3OSi. The van der Waals surface area contributed by atoms with Crippen LogP contribution in [0, 0.1) is 0 Å². The van der Waals surface area contributed by atoms with Crippen LogP contribution in [0.15, 0.2) is 11.8 Å². The number of hydrogen-bond donors (Lipinski definition) is 0. The van der Waals surface area contributed by atoms with Gasteiger partial charge in [-0.05, 0) is 26.3 Å². The van der Waals surface area contributed by atoms with E-state index in [0.717, 1.165) is 12.2 Å². The van der Waals surface area contributed by atoms with Crippen molar-refractivity contribution in [1.29, 1.82) is 0 Å². The van der Waals surface area contributed by atoms with Crippen LogP contribution >= 0.6 is 33.2 Å². The van der Waals surface area contributed by atoms with E-state index < -0.39 is 6.00 Å². The Balaban J connectivity index is 3.34. The molecule has 0 rings (SSSR count). The average Bonchev–Trinajstić information content (AvgIpc) is 1.96. The van der Waals surface area contributed by atoms with E-state index in [0.29, 0.717) is 12.7 Å². The largest absolute Gasteiger partial charge is 0.499 e. The van der Waals surface area contributed by atoms with Crippen molar-refractivity contribution in [2.45, 2.75) is 26.3 Å². The van der Waals surface area contributed by atoms with Crippen molar-refractivity contribution < 1.29 is 4.74 Å². The standard InChI is InChI=1S/C7H13Cl3OSi/c1-3-7(2)11-5-4-6-12(8,9)10/h3H,4-6H2,1-2H3. The Hall–Kier alpha value is 0.627. The van der Waals surface area contributed by atoms with Crippen LogP contribution in [0.5, 0.6) is 0 Å². The third-order valence-electron chi connectivity index (χ3n) is 1.34. The van der Waals surface area contributed by atoms with Gasteiger partial charge in [0.15, 0.2) is 0 Å². The number of ether oxygens (including phenoxy) is 1. The highest BCUT2D eigenvalue weighted by Crippen LogP contribution is 2.26. The van der Waals surface area contributed by atoms with Gasteiger partial charge >= 0.3 is 6.00 Å². The van der Waals surface area contributed by atoms with E-state index in [4.69, 9.17) is 38.0 Å². The summed E-state index contributed by atoms with van der Waals surface area (Å²) in [7, 11) is 0. The van der Waals surface area contributed by atoms with Gasteiger partial charge in [0.25, 0.3) is 0 Å². The molecule has 0 aliphatic carbocycles. The van der Waals surface area contributed by atoms with Crippen LogP contribution in [-0.4, -0.2) is 12.6 Å². The summed E-state index contributed by atoms with van der Waals surface area (Å²) in [4.78, 5) is 0. The smallest absolute Gasteiger partial charge is 0.341 e. The zero-order valence-corrected chi connectivity index (χ0v) is 10.5. The van der Waals surface area contributed by atoms with E-state index in [1.54, 1.807) is 0 Å². The van der Waals surface area contributed by atoms with Gasteiger partial charge in [0.05, 0.1) is 12.4 Å². The lowest BCUT2D eigenvalue weighted by atomic mass is 10.5. The summed E-state index contributed by atoms with van der Waals surface area (Å²) in [6.07, 6.45) is 2.72. The van der Waals surface area contributed by atoms with Crippen molar-refractivity contribution in [1.82, 2.24) is 0 Å².